The fourth-order valence-electron chi connectivity index (χ4n) is 4.31. The number of fused-ring (bicyclic) bond motifs is 1. The zero-order valence-electron chi connectivity index (χ0n) is 17.9. The molecule has 1 N–H and O–H groups in total. The van der Waals surface area contributed by atoms with E-state index in [1.165, 1.54) is 40.8 Å². The van der Waals surface area contributed by atoms with Crippen molar-refractivity contribution >= 4 is 39.1 Å². The summed E-state index contributed by atoms with van der Waals surface area (Å²) < 4.78 is 32.5. The lowest BCUT2D eigenvalue weighted by atomic mass is 10.1. The molecule has 0 aliphatic carbocycles. The predicted octanol–water partition coefficient (Wildman–Crippen LogP) is 1.64. The summed E-state index contributed by atoms with van der Waals surface area (Å²) in [6, 6.07) is 3.93. The summed E-state index contributed by atoms with van der Waals surface area (Å²) >= 11 is 1.25. The van der Waals surface area contributed by atoms with Crippen molar-refractivity contribution in [2.24, 2.45) is 0 Å². The van der Waals surface area contributed by atoms with E-state index < -0.39 is 40.1 Å². The molecule has 0 aromatic carbocycles. The van der Waals surface area contributed by atoms with E-state index in [0.717, 1.165) is 4.31 Å². The molecule has 4 rings (SSSR count). The Morgan fingerprint density at radius 1 is 1.33 bits per heavy atom. The molecule has 2 amide bonds. The summed E-state index contributed by atoms with van der Waals surface area (Å²) in [5.74, 6) is -0.754. The number of likely N-dealkylation sites (tertiary alicyclic amines) is 1. The van der Waals surface area contributed by atoms with Crippen molar-refractivity contribution in [1.82, 2.24) is 19.5 Å². The average Bonchev–Trinajstić information content (AvgIpc) is 3.53. The van der Waals surface area contributed by atoms with Gasteiger partial charge in [0.2, 0.25) is 15.9 Å². The number of Topliss-reactive ketones (excluding diaryl/α,β-unsaturated/α-hetero) is 1. The fraction of sp³-hybridized carbons (Fsp3) is 0.429. The van der Waals surface area contributed by atoms with Gasteiger partial charge < -0.3 is 15.0 Å². The summed E-state index contributed by atoms with van der Waals surface area (Å²) in [4.78, 5) is 43.7. The first kappa shape index (κ1) is 23.3. The highest BCUT2D eigenvalue weighted by Gasteiger charge is 2.54. The van der Waals surface area contributed by atoms with Gasteiger partial charge in [-0.15, -0.1) is 11.3 Å². The van der Waals surface area contributed by atoms with Crippen molar-refractivity contribution in [3.05, 3.63) is 42.0 Å². The molecule has 2 aromatic rings. The van der Waals surface area contributed by atoms with Crippen LogP contribution in [0.25, 0.3) is 0 Å². The van der Waals surface area contributed by atoms with Crippen LogP contribution in [0.4, 0.5) is 4.79 Å². The molecule has 2 aliphatic rings. The molecular weight excluding hydrogens is 468 g/mol. The van der Waals surface area contributed by atoms with Crippen LogP contribution in [0.2, 0.25) is 0 Å². The number of hydrogen-bond acceptors (Lipinski definition) is 8. The van der Waals surface area contributed by atoms with Crippen LogP contribution in [-0.4, -0.2) is 71.6 Å². The topological polar surface area (TPSA) is 126 Å². The third-order valence-electron chi connectivity index (χ3n) is 5.76. The normalized spacial score (nSPS) is 21.6. The molecule has 0 radical (unpaired) electrons. The molecule has 0 bridgehead atoms. The molecule has 2 fully saturated rings. The molecular formula is C21H24N4O6S2. The van der Waals surface area contributed by atoms with E-state index in [1.807, 2.05) is 6.92 Å². The van der Waals surface area contributed by atoms with Crippen molar-refractivity contribution in [2.75, 3.05) is 13.1 Å². The van der Waals surface area contributed by atoms with Gasteiger partial charge in [-0.05, 0) is 42.5 Å². The summed E-state index contributed by atoms with van der Waals surface area (Å²) in [6.45, 7) is 1.80. The highest BCUT2D eigenvalue weighted by atomic mass is 32.2. The second-order valence-corrected chi connectivity index (χ2v) is 10.6. The molecule has 10 nitrogen and oxygen atoms in total. The number of nitrogens with one attached hydrogen (secondary N) is 1. The number of hydrogen-bond donors (Lipinski definition) is 1. The van der Waals surface area contributed by atoms with Crippen molar-refractivity contribution < 1.29 is 27.5 Å². The van der Waals surface area contributed by atoms with Crippen molar-refractivity contribution in [1.29, 1.82) is 0 Å². The Balaban J connectivity index is 1.49. The number of aromatic nitrogens is 1. The molecule has 0 saturated carbocycles. The Bertz CT molecular complexity index is 1120. The summed E-state index contributed by atoms with van der Waals surface area (Å²) in [5.41, 5.74) is 0. The number of ketones is 1. The van der Waals surface area contributed by atoms with Crippen LogP contribution in [0.3, 0.4) is 0 Å². The van der Waals surface area contributed by atoms with E-state index in [1.54, 1.807) is 17.5 Å². The Kier molecular flexibility index (Phi) is 6.77. The van der Waals surface area contributed by atoms with Crippen LogP contribution in [-0.2, 0) is 19.6 Å². The molecule has 2 aliphatic heterocycles. The molecule has 4 heterocycles. The number of amides is 2. The number of carbonyl (C=O) groups is 3. The monoisotopic (exact) mass is 492 g/mol. The average molecular weight is 493 g/mol. The Morgan fingerprint density at radius 3 is 2.82 bits per heavy atom. The van der Waals surface area contributed by atoms with Crippen molar-refractivity contribution in [2.45, 2.75) is 49.2 Å². The maximum absolute atomic E-state index is 13.3. The minimum atomic E-state index is -3.93. The van der Waals surface area contributed by atoms with Gasteiger partial charge >= 0.3 is 6.09 Å². The highest BCUT2D eigenvalue weighted by Crippen LogP contribution is 2.34. The van der Waals surface area contributed by atoms with Gasteiger partial charge in [0.05, 0.1) is 12.6 Å². The first-order valence-electron chi connectivity index (χ1n) is 10.6. The molecule has 12 heteroatoms. The molecule has 33 heavy (non-hydrogen) atoms. The van der Waals surface area contributed by atoms with E-state index in [4.69, 9.17) is 4.74 Å². The Hall–Kier alpha value is -2.83. The maximum atomic E-state index is 13.3. The number of ether oxygens (including phenoxy) is 1. The number of thiophene rings is 1. The van der Waals surface area contributed by atoms with Crippen molar-refractivity contribution in [3.63, 3.8) is 0 Å². The summed E-state index contributed by atoms with van der Waals surface area (Å²) in [6.07, 6.45) is 3.27. The quantitative estimate of drug-likeness (QED) is 0.623. The third-order valence-corrected chi connectivity index (χ3v) is 8.36. The third kappa shape index (κ3) is 4.63. The molecule has 0 spiro atoms. The van der Waals surface area contributed by atoms with Gasteiger partial charge in [-0.25, -0.2) is 13.2 Å². The van der Waals surface area contributed by atoms with Crippen LogP contribution < -0.4 is 10.1 Å². The highest BCUT2D eigenvalue weighted by molar-refractivity contribution is 7.89. The second kappa shape index (κ2) is 9.57. The lowest BCUT2D eigenvalue weighted by molar-refractivity contribution is -0.138. The largest absolute Gasteiger partial charge is 0.414 e. The second-order valence-electron chi connectivity index (χ2n) is 7.84. The number of sulfonamides is 1. The molecule has 2 saturated heterocycles. The number of rotatable bonds is 7. The van der Waals surface area contributed by atoms with Gasteiger partial charge in [0.1, 0.15) is 17.0 Å². The van der Waals surface area contributed by atoms with E-state index in [-0.39, 0.29) is 23.8 Å². The zero-order valence-corrected chi connectivity index (χ0v) is 19.5. The lowest BCUT2D eigenvalue weighted by Crippen LogP contribution is -2.52. The molecule has 3 unspecified atom stereocenters. The summed E-state index contributed by atoms with van der Waals surface area (Å²) in [7, 11) is -3.93. The lowest BCUT2D eigenvalue weighted by Gasteiger charge is -2.28. The molecule has 3 atom stereocenters. The predicted molar refractivity (Wildman–Crippen MR) is 119 cm³/mol. The van der Waals surface area contributed by atoms with Crippen LogP contribution in [0.5, 0.6) is 5.06 Å². The SMILES string of the molecule is CCCC(NC(=O)Oc1cccs1)C(=O)N1CCC2C1C(=O)CN2S(=O)(=O)c1cccnc1. The number of nitrogens with zero attached hydrogens (tertiary/aromatic N) is 3. The number of carbonyl (C=O) groups excluding carboxylic acids is 3. The number of pyridine rings is 1. The van der Waals surface area contributed by atoms with Gasteiger partial charge in [0.25, 0.3) is 0 Å². The van der Waals surface area contributed by atoms with E-state index in [2.05, 4.69) is 10.3 Å². The zero-order chi connectivity index (χ0) is 23.6. The first-order valence-corrected chi connectivity index (χ1v) is 12.9. The molecule has 176 valence electrons. The maximum Gasteiger partial charge on any atom is 0.414 e. The molecule has 2 aromatic heterocycles. The Labute approximate surface area is 195 Å². The van der Waals surface area contributed by atoms with E-state index in [9.17, 15) is 22.8 Å². The minimum Gasteiger partial charge on any atom is -0.399 e. The van der Waals surface area contributed by atoms with E-state index in [0.29, 0.717) is 24.3 Å². The van der Waals surface area contributed by atoms with E-state index >= 15 is 0 Å². The van der Waals surface area contributed by atoms with Crippen molar-refractivity contribution in [3.8, 4) is 5.06 Å². The standard InChI is InChI=1S/C21H24N4O6S2/c1-2-5-15(23-21(28)31-18-7-4-11-32-18)20(27)24-10-8-16-19(24)17(26)13-25(16)33(29,30)14-6-3-9-22-12-14/h3-4,6-7,9,11-12,15-16,19H,2,5,8,10,13H2,1H3,(H,23,28). The minimum absolute atomic E-state index is 0.00470. The summed E-state index contributed by atoms with van der Waals surface area (Å²) in [5, 5.41) is 4.76. The van der Waals surface area contributed by atoms with Crippen LogP contribution in [0, 0.1) is 0 Å². The smallest absolute Gasteiger partial charge is 0.399 e. The van der Waals surface area contributed by atoms with Gasteiger partial charge in [-0.2, -0.15) is 4.31 Å². The van der Waals surface area contributed by atoms with Gasteiger partial charge in [-0.1, -0.05) is 13.3 Å². The van der Waals surface area contributed by atoms with Gasteiger partial charge in [0.15, 0.2) is 10.8 Å². The fourth-order valence-corrected chi connectivity index (χ4v) is 6.47. The van der Waals surface area contributed by atoms with Gasteiger partial charge in [-0.3, -0.25) is 14.6 Å². The van der Waals surface area contributed by atoms with Crippen LogP contribution >= 0.6 is 11.3 Å². The van der Waals surface area contributed by atoms with Gasteiger partial charge in [0, 0.05) is 18.9 Å². The Morgan fingerprint density at radius 2 is 2.15 bits per heavy atom. The van der Waals surface area contributed by atoms with Crippen LogP contribution in [0.15, 0.2) is 46.9 Å². The van der Waals surface area contributed by atoms with Crippen LogP contribution in [0.1, 0.15) is 26.2 Å². The first-order chi connectivity index (χ1) is 15.8.